The van der Waals surface area contributed by atoms with E-state index in [1.807, 2.05) is 61.5 Å². The Morgan fingerprint density at radius 1 is 1.04 bits per heavy atom. The zero-order chi connectivity index (χ0) is 18.6. The molecule has 0 aliphatic carbocycles. The van der Waals surface area contributed by atoms with Gasteiger partial charge in [0.2, 0.25) is 0 Å². The summed E-state index contributed by atoms with van der Waals surface area (Å²) in [6.45, 7) is 2.24. The number of rotatable bonds is 5. The van der Waals surface area contributed by atoms with Gasteiger partial charge in [-0.3, -0.25) is 4.98 Å². The van der Waals surface area contributed by atoms with Crippen LogP contribution in [0.25, 0.3) is 16.8 Å². The Hall–Kier alpha value is -3.74. The third kappa shape index (κ3) is 3.48. The summed E-state index contributed by atoms with van der Waals surface area (Å²) in [4.78, 5) is 16.2. The Morgan fingerprint density at radius 2 is 1.89 bits per heavy atom. The monoisotopic (exact) mass is 359 g/mol. The van der Waals surface area contributed by atoms with E-state index in [2.05, 4.69) is 20.5 Å². The van der Waals surface area contributed by atoms with E-state index in [-0.39, 0.29) is 6.61 Å². The Kier molecular flexibility index (Phi) is 4.49. The molecule has 0 fully saturated rings. The van der Waals surface area contributed by atoms with Gasteiger partial charge in [0.25, 0.3) is 0 Å². The quantitative estimate of drug-likeness (QED) is 0.592. The summed E-state index contributed by atoms with van der Waals surface area (Å²) >= 11 is 0. The topological polar surface area (TPSA) is 85.7 Å². The molecule has 4 aromatic rings. The minimum absolute atomic E-state index is 0.279. The number of pyridine rings is 1. The van der Waals surface area contributed by atoms with Crippen LogP contribution in [0.4, 0.5) is 0 Å². The fourth-order valence-electron chi connectivity index (χ4n) is 2.87. The fourth-order valence-corrected chi connectivity index (χ4v) is 2.87. The summed E-state index contributed by atoms with van der Waals surface area (Å²) in [5, 5.41) is 9.69. The molecule has 4 rings (SSSR count). The van der Waals surface area contributed by atoms with Crippen molar-refractivity contribution in [3.05, 3.63) is 88.6 Å². The first-order valence-corrected chi connectivity index (χ1v) is 8.45. The van der Waals surface area contributed by atoms with Crippen molar-refractivity contribution in [1.29, 1.82) is 0 Å². The molecule has 27 heavy (non-hydrogen) atoms. The third-order valence-electron chi connectivity index (χ3n) is 4.29. The van der Waals surface area contributed by atoms with Crippen LogP contribution in [0.3, 0.4) is 0 Å². The lowest BCUT2D eigenvalue weighted by atomic mass is 10.1. The third-order valence-corrected chi connectivity index (χ3v) is 4.29. The summed E-state index contributed by atoms with van der Waals surface area (Å²) < 4.78 is 7.20. The first-order chi connectivity index (χ1) is 13.2. The van der Waals surface area contributed by atoms with Crippen LogP contribution in [-0.4, -0.2) is 25.2 Å². The molecule has 7 heteroatoms. The van der Waals surface area contributed by atoms with Gasteiger partial charge in [0.05, 0.1) is 11.9 Å². The van der Waals surface area contributed by atoms with E-state index in [4.69, 9.17) is 4.74 Å². The number of nitrogens with zero attached hydrogens (tertiary/aromatic N) is 4. The van der Waals surface area contributed by atoms with E-state index in [0.29, 0.717) is 11.4 Å². The maximum absolute atomic E-state index is 11.9. The van der Waals surface area contributed by atoms with E-state index in [9.17, 15) is 4.79 Å². The van der Waals surface area contributed by atoms with Gasteiger partial charge in [0.15, 0.2) is 0 Å². The molecule has 0 saturated heterocycles. The molecule has 0 radical (unpaired) electrons. The molecular weight excluding hydrogens is 342 g/mol. The second-order valence-corrected chi connectivity index (χ2v) is 6.05. The summed E-state index contributed by atoms with van der Waals surface area (Å²) in [7, 11) is 0. The number of hydrogen-bond donors (Lipinski definition) is 1. The van der Waals surface area contributed by atoms with Crippen molar-refractivity contribution in [2.24, 2.45) is 0 Å². The SMILES string of the molecule is Cc1cccc(-n2nn[nH]c2=O)c1COc1cncc(-c2ccccc2)c1. The second kappa shape index (κ2) is 7.25. The highest BCUT2D eigenvalue weighted by atomic mass is 16.5. The number of H-pyrrole nitrogens is 1. The van der Waals surface area contributed by atoms with Crippen LogP contribution in [0, 0.1) is 6.92 Å². The van der Waals surface area contributed by atoms with Crippen LogP contribution in [0.15, 0.2) is 71.8 Å². The van der Waals surface area contributed by atoms with Crippen molar-refractivity contribution >= 4 is 0 Å². The standard InChI is InChI=1S/C20H17N5O2/c1-14-6-5-9-19(25-20(26)22-23-24-25)18(14)13-27-17-10-16(11-21-12-17)15-7-3-2-4-8-15/h2-12H,13H2,1H3,(H,22,24,26). The van der Waals surface area contributed by atoms with Gasteiger partial charge in [-0.05, 0) is 40.6 Å². The van der Waals surface area contributed by atoms with Crippen molar-refractivity contribution in [2.75, 3.05) is 0 Å². The molecule has 2 aromatic heterocycles. The molecule has 0 spiro atoms. The highest BCUT2D eigenvalue weighted by Crippen LogP contribution is 2.24. The second-order valence-electron chi connectivity index (χ2n) is 6.05. The normalized spacial score (nSPS) is 10.7. The zero-order valence-corrected chi connectivity index (χ0v) is 14.7. The first-order valence-electron chi connectivity index (χ1n) is 8.45. The van der Waals surface area contributed by atoms with Gasteiger partial charge in [0.1, 0.15) is 12.4 Å². The van der Waals surface area contributed by atoms with Gasteiger partial charge in [-0.25, -0.2) is 9.89 Å². The van der Waals surface area contributed by atoms with E-state index < -0.39 is 5.69 Å². The van der Waals surface area contributed by atoms with Crippen LogP contribution < -0.4 is 10.4 Å². The van der Waals surface area contributed by atoms with Crippen molar-refractivity contribution in [3.63, 3.8) is 0 Å². The summed E-state index contributed by atoms with van der Waals surface area (Å²) in [6, 6.07) is 17.6. The van der Waals surface area contributed by atoms with E-state index in [1.165, 1.54) is 4.68 Å². The molecule has 2 aromatic carbocycles. The molecule has 7 nitrogen and oxygen atoms in total. The number of aryl methyl sites for hydroxylation is 1. The van der Waals surface area contributed by atoms with Gasteiger partial charge in [0, 0.05) is 17.3 Å². The first kappa shape index (κ1) is 16.7. The van der Waals surface area contributed by atoms with E-state index in [0.717, 1.165) is 22.3 Å². The van der Waals surface area contributed by atoms with Crippen molar-refractivity contribution < 1.29 is 4.74 Å². The average Bonchev–Trinajstić information content (AvgIpc) is 3.13. The van der Waals surface area contributed by atoms with Gasteiger partial charge >= 0.3 is 5.69 Å². The van der Waals surface area contributed by atoms with Gasteiger partial charge in [-0.1, -0.05) is 42.5 Å². The van der Waals surface area contributed by atoms with Gasteiger partial charge in [-0.2, -0.15) is 4.68 Å². The molecule has 0 aliphatic heterocycles. The van der Waals surface area contributed by atoms with Crippen LogP contribution in [0.2, 0.25) is 0 Å². The van der Waals surface area contributed by atoms with Gasteiger partial charge < -0.3 is 4.74 Å². The van der Waals surface area contributed by atoms with Gasteiger partial charge in [-0.15, -0.1) is 0 Å². The van der Waals surface area contributed by atoms with Crippen molar-refractivity contribution in [3.8, 4) is 22.6 Å². The fraction of sp³-hybridized carbons (Fsp3) is 0.100. The summed E-state index contributed by atoms with van der Waals surface area (Å²) in [6.07, 6.45) is 3.48. The molecule has 0 bridgehead atoms. The smallest absolute Gasteiger partial charge is 0.365 e. The Morgan fingerprint density at radius 3 is 2.67 bits per heavy atom. The maximum Gasteiger partial charge on any atom is 0.365 e. The predicted molar refractivity (Wildman–Crippen MR) is 101 cm³/mol. The molecule has 0 atom stereocenters. The number of ether oxygens (including phenoxy) is 1. The lowest BCUT2D eigenvalue weighted by Crippen LogP contribution is -2.18. The lowest BCUT2D eigenvalue weighted by Gasteiger charge is -2.13. The highest BCUT2D eigenvalue weighted by Gasteiger charge is 2.12. The number of benzene rings is 2. The van der Waals surface area contributed by atoms with Crippen molar-refractivity contribution in [2.45, 2.75) is 13.5 Å². The summed E-state index contributed by atoms with van der Waals surface area (Å²) in [5.41, 5.74) is 4.15. The Labute approximate surface area is 155 Å². The highest BCUT2D eigenvalue weighted by molar-refractivity contribution is 5.63. The van der Waals surface area contributed by atoms with Crippen molar-refractivity contribution in [1.82, 2.24) is 25.2 Å². The molecule has 2 heterocycles. The van der Waals surface area contributed by atoms with E-state index in [1.54, 1.807) is 12.4 Å². The lowest BCUT2D eigenvalue weighted by molar-refractivity contribution is 0.303. The largest absolute Gasteiger partial charge is 0.487 e. The summed E-state index contributed by atoms with van der Waals surface area (Å²) in [5.74, 6) is 0.651. The number of aromatic nitrogens is 5. The maximum atomic E-state index is 11.9. The molecule has 1 N–H and O–H groups in total. The average molecular weight is 359 g/mol. The number of aromatic amines is 1. The zero-order valence-electron chi connectivity index (χ0n) is 14.7. The van der Waals surface area contributed by atoms with E-state index >= 15 is 0 Å². The van der Waals surface area contributed by atoms with Crippen LogP contribution in [0.5, 0.6) is 5.75 Å². The van der Waals surface area contributed by atoms with Crippen LogP contribution in [-0.2, 0) is 6.61 Å². The minimum Gasteiger partial charge on any atom is -0.487 e. The number of hydrogen-bond acceptors (Lipinski definition) is 5. The molecular formula is C20H17N5O2. The number of nitrogens with one attached hydrogen (secondary N) is 1. The minimum atomic E-state index is -0.394. The molecule has 134 valence electrons. The van der Waals surface area contributed by atoms with Crippen LogP contribution in [0.1, 0.15) is 11.1 Å². The molecule has 0 aliphatic rings. The Balaban J connectivity index is 1.62. The molecule has 0 saturated carbocycles. The number of tetrazole rings is 1. The molecule has 0 unspecified atom stereocenters. The molecule has 0 amide bonds. The van der Waals surface area contributed by atoms with Crippen LogP contribution >= 0.6 is 0 Å². The predicted octanol–water partition coefficient (Wildman–Crippen LogP) is 2.91. The Bertz CT molecular complexity index is 1120.